The van der Waals surface area contributed by atoms with Crippen LogP contribution in [0.2, 0.25) is 0 Å². The van der Waals surface area contributed by atoms with Crippen molar-refractivity contribution in [2.24, 2.45) is 16.6 Å². The summed E-state index contributed by atoms with van der Waals surface area (Å²) in [6.45, 7) is 0.613. The molecule has 0 aliphatic carbocycles. The van der Waals surface area contributed by atoms with Gasteiger partial charge in [-0.1, -0.05) is 4.90 Å². The Morgan fingerprint density at radius 3 is 3.27 bits per heavy atom. The van der Waals surface area contributed by atoms with Crippen molar-refractivity contribution >= 4 is 6.34 Å². The van der Waals surface area contributed by atoms with Crippen LogP contribution in [0.25, 0.3) is 0 Å². The first-order chi connectivity index (χ1) is 5.27. The van der Waals surface area contributed by atoms with Crippen LogP contribution >= 0.6 is 0 Å². The Kier molecular flexibility index (Phi) is 1.21. The third-order valence-corrected chi connectivity index (χ3v) is 1.68. The summed E-state index contributed by atoms with van der Waals surface area (Å²) in [6, 6.07) is 0. The molecule has 4 N–H and O–H groups in total. The SMILES string of the molecule is NC1=C2CN(N)C=C[N+]2C=N1. The molecule has 0 saturated carbocycles. The van der Waals surface area contributed by atoms with E-state index in [1.165, 1.54) is 0 Å². The average Bonchev–Trinajstić information content (AvgIpc) is 2.33. The minimum Gasteiger partial charge on any atom is -0.379 e. The lowest BCUT2D eigenvalue weighted by Crippen LogP contribution is -2.38. The van der Waals surface area contributed by atoms with Gasteiger partial charge in [-0.25, -0.2) is 5.84 Å². The summed E-state index contributed by atoms with van der Waals surface area (Å²) in [7, 11) is 0. The Balaban J connectivity index is 2.34. The predicted octanol–water partition coefficient (Wildman–Crippen LogP) is -1.04. The van der Waals surface area contributed by atoms with Crippen molar-refractivity contribution in [3.63, 3.8) is 0 Å². The maximum atomic E-state index is 5.58. The van der Waals surface area contributed by atoms with E-state index in [1.807, 2.05) is 11.1 Å². The van der Waals surface area contributed by atoms with Gasteiger partial charge in [-0.3, -0.25) is 0 Å². The van der Waals surface area contributed by atoms with Gasteiger partial charge in [-0.05, 0) is 0 Å². The Morgan fingerprint density at radius 1 is 1.64 bits per heavy atom. The van der Waals surface area contributed by atoms with Crippen molar-refractivity contribution in [2.45, 2.75) is 0 Å². The molecule has 0 aromatic heterocycles. The number of nitrogens with two attached hydrogens (primary N) is 2. The second kappa shape index (κ2) is 2.08. The van der Waals surface area contributed by atoms with Crippen LogP contribution in [-0.4, -0.2) is 17.9 Å². The van der Waals surface area contributed by atoms with Crippen LogP contribution in [-0.2, 0) is 0 Å². The van der Waals surface area contributed by atoms with Crippen LogP contribution in [0.1, 0.15) is 0 Å². The molecule has 1 radical (unpaired) electrons. The first-order valence-corrected chi connectivity index (χ1v) is 3.28. The molecule has 0 atom stereocenters. The Morgan fingerprint density at radius 2 is 2.45 bits per heavy atom. The van der Waals surface area contributed by atoms with Gasteiger partial charge in [0.25, 0.3) is 6.34 Å². The monoisotopic (exact) mass is 151 g/mol. The molecule has 11 heavy (non-hydrogen) atoms. The molecule has 0 aromatic carbocycles. The minimum absolute atomic E-state index is 0.546. The van der Waals surface area contributed by atoms with E-state index in [2.05, 4.69) is 4.99 Å². The van der Waals surface area contributed by atoms with Crippen LogP contribution in [0.15, 0.2) is 28.9 Å². The third kappa shape index (κ3) is 0.903. The highest BCUT2D eigenvalue weighted by atomic mass is 15.4. The second-order valence-electron chi connectivity index (χ2n) is 2.45. The third-order valence-electron chi connectivity index (χ3n) is 1.68. The Labute approximate surface area is 64.2 Å². The van der Waals surface area contributed by atoms with Gasteiger partial charge in [0, 0.05) is 0 Å². The fourth-order valence-electron chi connectivity index (χ4n) is 1.08. The maximum absolute atomic E-state index is 5.58. The Bertz CT molecular complexity index is 264. The van der Waals surface area contributed by atoms with Crippen LogP contribution in [0.5, 0.6) is 0 Å². The molecule has 0 amide bonds. The lowest BCUT2D eigenvalue weighted by atomic mass is 10.3. The maximum Gasteiger partial charge on any atom is 0.252 e. The molecule has 5 heteroatoms. The minimum atomic E-state index is 0.546. The summed E-state index contributed by atoms with van der Waals surface area (Å²) in [4.78, 5) is 5.80. The molecule has 2 rings (SSSR count). The zero-order valence-electron chi connectivity index (χ0n) is 5.94. The molecule has 5 nitrogen and oxygen atoms in total. The van der Waals surface area contributed by atoms with E-state index in [0.717, 1.165) is 5.70 Å². The van der Waals surface area contributed by atoms with Gasteiger partial charge in [0.1, 0.15) is 6.54 Å². The lowest BCUT2D eigenvalue weighted by Gasteiger charge is -2.16. The number of fused-ring (bicyclic) bond motifs is 1. The fraction of sp³-hybridized carbons (Fsp3) is 0.167. The van der Waals surface area contributed by atoms with Crippen molar-refractivity contribution < 1.29 is 0 Å². The molecule has 2 heterocycles. The van der Waals surface area contributed by atoms with Crippen molar-refractivity contribution in [1.82, 2.24) is 9.91 Å². The quantitative estimate of drug-likeness (QED) is 0.343. The van der Waals surface area contributed by atoms with E-state index >= 15 is 0 Å². The standard InChI is InChI=1S/C6H9N5/c7-6-5-3-11(8)2-1-10(5)4-9-6/h1-2,4H,3,7-8H2/q+1. The number of rotatable bonds is 0. The van der Waals surface area contributed by atoms with E-state index < -0.39 is 0 Å². The summed E-state index contributed by atoms with van der Waals surface area (Å²) >= 11 is 0. The van der Waals surface area contributed by atoms with Gasteiger partial charge in [0.15, 0.2) is 12.0 Å². The summed E-state index contributed by atoms with van der Waals surface area (Å²) in [5.41, 5.74) is 6.52. The van der Waals surface area contributed by atoms with Crippen LogP contribution in [0.3, 0.4) is 0 Å². The zero-order valence-corrected chi connectivity index (χ0v) is 5.94. The number of nitrogens with zero attached hydrogens (tertiary/aromatic N) is 3. The van der Waals surface area contributed by atoms with Gasteiger partial charge in [0.2, 0.25) is 5.70 Å². The number of hydrogen-bond acceptors (Lipinski definition) is 5. The molecule has 2 aliphatic heterocycles. The van der Waals surface area contributed by atoms with Crippen molar-refractivity contribution in [3.8, 4) is 0 Å². The molecular formula is C6H9N5+. The zero-order chi connectivity index (χ0) is 7.84. The molecule has 0 unspecified atom stereocenters. The molecule has 0 fully saturated rings. The van der Waals surface area contributed by atoms with E-state index in [9.17, 15) is 0 Å². The van der Waals surface area contributed by atoms with E-state index in [0.29, 0.717) is 12.4 Å². The number of hydrazine groups is 1. The number of hydrogen-bond donors (Lipinski definition) is 2. The van der Waals surface area contributed by atoms with Gasteiger partial charge >= 0.3 is 0 Å². The topological polar surface area (TPSA) is 73.5 Å². The van der Waals surface area contributed by atoms with Crippen LogP contribution < -0.4 is 16.5 Å². The van der Waals surface area contributed by atoms with Crippen molar-refractivity contribution in [3.05, 3.63) is 23.9 Å². The molecule has 2 aliphatic rings. The van der Waals surface area contributed by atoms with Gasteiger partial charge in [0.05, 0.1) is 6.20 Å². The van der Waals surface area contributed by atoms with Crippen molar-refractivity contribution in [1.29, 1.82) is 0 Å². The predicted molar refractivity (Wildman–Crippen MR) is 41.9 cm³/mol. The van der Waals surface area contributed by atoms with E-state index in [4.69, 9.17) is 11.6 Å². The Hall–Kier alpha value is -1.33. The van der Waals surface area contributed by atoms with Gasteiger partial charge < -0.3 is 10.7 Å². The fourth-order valence-corrected chi connectivity index (χ4v) is 1.08. The van der Waals surface area contributed by atoms with E-state index in [1.54, 1.807) is 17.5 Å². The highest BCUT2D eigenvalue weighted by Gasteiger charge is 2.31. The van der Waals surface area contributed by atoms with Gasteiger partial charge in [-0.2, -0.15) is 4.99 Å². The highest BCUT2D eigenvalue weighted by Crippen LogP contribution is 2.14. The summed E-state index contributed by atoms with van der Waals surface area (Å²) in [5, 5.41) is 1.56. The van der Waals surface area contributed by atoms with Crippen LogP contribution in [0, 0.1) is 0 Å². The average molecular weight is 151 g/mol. The summed E-state index contributed by atoms with van der Waals surface area (Å²) in [5.74, 6) is 6.07. The first kappa shape index (κ1) is 6.38. The molecule has 0 bridgehead atoms. The summed E-state index contributed by atoms with van der Waals surface area (Å²) < 4.78 is 0. The molecular weight excluding hydrogens is 142 g/mol. The normalized spacial score (nSPS) is 23.2. The smallest absolute Gasteiger partial charge is 0.252 e. The van der Waals surface area contributed by atoms with E-state index in [-0.39, 0.29) is 0 Å². The molecule has 0 aromatic rings. The largest absolute Gasteiger partial charge is 0.379 e. The van der Waals surface area contributed by atoms with Crippen molar-refractivity contribution in [2.75, 3.05) is 6.54 Å². The molecule has 57 valence electrons. The molecule has 0 saturated heterocycles. The first-order valence-electron chi connectivity index (χ1n) is 3.28. The lowest BCUT2D eigenvalue weighted by molar-refractivity contribution is 0.394. The second-order valence-corrected chi connectivity index (χ2v) is 2.45. The number of aliphatic imine (C=N–C) groups is 1. The van der Waals surface area contributed by atoms with Crippen LogP contribution in [0.4, 0.5) is 0 Å². The highest BCUT2D eigenvalue weighted by molar-refractivity contribution is 5.69. The molecule has 0 spiro atoms. The van der Waals surface area contributed by atoms with Gasteiger partial charge in [-0.15, -0.1) is 0 Å². The summed E-state index contributed by atoms with van der Waals surface area (Å²) in [6.07, 6.45) is 5.27.